The lowest BCUT2D eigenvalue weighted by Crippen LogP contribution is -2.51. The molecule has 0 unspecified atom stereocenters. The molecule has 2 heterocycles. The van der Waals surface area contributed by atoms with Crippen LogP contribution in [0.3, 0.4) is 0 Å². The van der Waals surface area contributed by atoms with Gasteiger partial charge in [-0.1, -0.05) is 18.2 Å². The van der Waals surface area contributed by atoms with Crippen LogP contribution in [0.2, 0.25) is 0 Å². The van der Waals surface area contributed by atoms with Gasteiger partial charge in [-0.25, -0.2) is 0 Å². The molecule has 1 saturated heterocycles. The summed E-state index contributed by atoms with van der Waals surface area (Å²) in [6, 6.07) is 7.54. The second-order valence-corrected chi connectivity index (χ2v) is 7.00. The van der Waals surface area contributed by atoms with Gasteiger partial charge in [0.05, 0.1) is 0 Å². The first kappa shape index (κ1) is 20.7. The molecule has 0 bridgehead atoms. The van der Waals surface area contributed by atoms with Crippen LogP contribution in [0.4, 0.5) is 0 Å². The van der Waals surface area contributed by atoms with Crippen LogP contribution in [0.25, 0.3) is 17.0 Å². The van der Waals surface area contributed by atoms with E-state index >= 15 is 0 Å². The number of methoxy groups -OCH3 is 1. The highest BCUT2D eigenvalue weighted by molar-refractivity contribution is 7.80. The standard InChI is InChI=1S/C20H22N4O4S/c1-12-14(10-15-18(26)22-20(29)23-19(15)27)13-6-3-4-7-16(13)24(12)11-17(25)21-8-5-9-28-2/h3-4,6-7,10H,5,8-9,11H2,1-2H3,(H,21,25)(H2,22,23,26,27,29). The molecule has 3 N–H and O–H groups in total. The molecular formula is C20H22N4O4S. The van der Waals surface area contributed by atoms with Gasteiger partial charge in [-0.3, -0.25) is 25.0 Å². The smallest absolute Gasteiger partial charge is 0.263 e. The third kappa shape index (κ3) is 4.52. The maximum atomic E-state index is 12.4. The van der Waals surface area contributed by atoms with Gasteiger partial charge in [0.1, 0.15) is 12.1 Å². The Bertz CT molecular complexity index is 1000. The zero-order valence-electron chi connectivity index (χ0n) is 16.2. The first-order valence-corrected chi connectivity index (χ1v) is 9.55. The van der Waals surface area contributed by atoms with Gasteiger partial charge >= 0.3 is 0 Å². The van der Waals surface area contributed by atoms with Crippen molar-refractivity contribution < 1.29 is 19.1 Å². The van der Waals surface area contributed by atoms with Crippen LogP contribution in [0, 0.1) is 6.92 Å². The van der Waals surface area contributed by atoms with E-state index in [2.05, 4.69) is 16.0 Å². The normalized spacial score (nSPS) is 14.0. The van der Waals surface area contributed by atoms with Crippen molar-refractivity contribution >= 4 is 52.0 Å². The third-order valence-electron chi connectivity index (χ3n) is 4.66. The number of ether oxygens (including phenoxy) is 1. The molecule has 0 aliphatic carbocycles. The van der Waals surface area contributed by atoms with E-state index in [4.69, 9.17) is 17.0 Å². The average Bonchev–Trinajstić information content (AvgIpc) is 2.93. The van der Waals surface area contributed by atoms with Crippen molar-refractivity contribution in [1.29, 1.82) is 0 Å². The summed E-state index contributed by atoms with van der Waals surface area (Å²) in [7, 11) is 1.62. The number of carbonyl (C=O) groups excluding carboxylic acids is 3. The van der Waals surface area contributed by atoms with Crippen molar-refractivity contribution in [3.05, 3.63) is 41.1 Å². The molecule has 1 aliphatic heterocycles. The number of carbonyl (C=O) groups is 3. The van der Waals surface area contributed by atoms with E-state index in [1.54, 1.807) is 7.11 Å². The van der Waals surface area contributed by atoms with Crippen molar-refractivity contribution in [1.82, 2.24) is 20.5 Å². The van der Waals surface area contributed by atoms with Crippen LogP contribution >= 0.6 is 12.2 Å². The first-order valence-electron chi connectivity index (χ1n) is 9.14. The lowest BCUT2D eigenvalue weighted by molar-refractivity contribution is -0.123. The highest BCUT2D eigenvalue weighted by Crippen LogP contribution is 2.28. The minimum atomic E-state index is -0.550. The molecule has 8 nitrogen and oxygen atoms in total. The largest absolute Gasteiger partial charge is 0.385 e. The second kappa shape index (κ2) is 8.97. The van der Waals surface area contributed by atoms with Crippen molar-refractivity contribution in [2.45, 2.75) is 19.9 Å². The molecule has 29 heavy (non-hydrogen) atoms. The number of fused-ring (bicyclic) bond motifs is 1. The highest BCUT2D eigenvalue weighted by atomic mass is 32.1. The monoisotopic (exact) mass is 414 g/mol. The van der Waals surface area contributed by atoms with Crippen LogP contribution in [0.5, 0.6) is 0 Å². The topological polar surface area (TPSA) is 101 Å². The fourth-order valence-corrected chi connectivity index (χ4v) is 3.42. The van der Waals surface area contributed by atoms with E-state index in [-0.39, 0.29) is 23.1 Å². The molecule has 1 fully saturated rings. The van der Waals surface area contributed by atoms with Crippen molar-refractivity contribution in [2.75, 3.05) is 20.3 Å². The van der Waals surface area contributed by atoms with Crippen LogP contribution in [0.15, 0.2) is 29.8 Å². The Hall–Kier alpha value is -3.04. The minimum Gasteiger partial charge on any atom is -0.385 e. The fraction of sp³-hybridized carbons (Fsp3) is 0.300. The van der Waals surface area contributed by atoms with E-state index in [1.807, 2.05) is 35.8 Å². The van der Waals surface area contributed by atoms with Crippen LogP contribution in [0.1, 0.15) is 17.7 Å². The number of hydrogen-bond donors (Lipinski definition) is 3. The van der Waals surface area contributed by atoms with E-state index in [9.17, 15) is 14.4 Å². The maximum Gasteiger partial charge on any atom is 0.263 e. The maximum absolute atomic E-state index is 12.4. The SMILES string of the molecule is COCCCNC(=O)Cn1c(C)c(C=C2C(=O)NC(=S)NC2=O)c2ccccc21. The molecule has 1 aromatic heterocycles. The molecule has 1 aromatic carbocycles. The quantitative estimate of drug-likeness (QED) is 0.272. The van der Waals surface area contributed by atoms with Crippen molar-refractivity contribution in [2.24, 2.45) is 0 Å². The Kier molecular flexibility index (Phi) is 6.40. The van der Waals surface area contributed by atoms with Gasteiger partial charge in [0.25, 0.3) is 11.8 Å². The zero-order valence-corrected chi connectivity index (χ0v) is 17.0. The second-order valence-electron chi connectivity index (χ2n) is 6.59. The molecule has 152 valence electrons. The molecule has 3 rings (SSSR count). The molecule has 3 amide bonds. The lowest BCUT2D eigenvalue weighted by atomic mass is 10.1. The number of para-hydroxylation sites is 1. The summed E-state index contributed by atoms with van der Waals surface area (Å²) in [6.07, 6.45) is 2.27. The Balaban J connectivity index is 1.94. The van der Waals surface area contributed by atoms with E-state index in [0.29, 0.717) is 18.7 Å². The summed E-state index contributed by atoms with van der Waals surface area (Å²) in [5, 5.41) is 8.57. The summed E-state index contributed by atoms with van der Waals surface area (Å²) >= 11 is 4.84. The average molecular weight is 414 g/mol. The minimum absolute atomic E-state index is 0.0126. The number of nitrogens with zero attached hydrogens (tertiary/aromatic N) is 1. The fourth-order valence-electron chi connectivity index (χ4n) is 3.24. The molecule has 0 spiro atoms. The number of benzene rings is 1. The lowest BCUT2D eigenvalue weighted by Gasteiger charge is -2.16. The summed E-state index contributed by atoms with van der Waals surface area (Å²) in [6.45, 7) is 3.10. The predicted molar refractivity (Wildman–Crippen MR) is 113 cm³/mol. The van der Waals surface area contributed by atoms with E-state index in [0.717, 1.165) is 23.0 Å². The van der Waals surface area contributed by atoms with Crippen LogP contribution in [-0.2, 0) is 25.7 Å². The van der Waals surface area contributed by atoms with Crippen molar-refractivity contribution in [3.63, 3.8) is 0 Å². The molecule has 0 saturated carbocycles. The van der Waals surface area contributed by atoms with Crippen LogP contribution in [-0.4, -0.2) is 47.7 Å². The van der Waals surface area contributed by atoms with Crippen LogP contribution < -0.4 is 16.0 Å². The Labute approximate surface area is 173 Å². The molecule has 0 radical (unpaired) electrons. The highest BCUT2D eigenvalue weighted by Gasteiger charge is 2.27. The number of thiocarbonyl (C=S) groups is 1. The number of rotatable bonds is 7. The molecule has 1 aliphatic rings. The van der Waals surface area contributed by atoms with E-state index in [1.165, 1.54) is 6.08 Å². The molecule has 2 aromatic rings. The zero-order chi connectivity index (χ0) is 21.0. The summed E-state index contributed by atoms with van der Waals surface area (Å²) in [4.78, 5) is 36.8. The number of amides is 3. The number of nitrogens with one attached hydrogen (secondary N) is 3. The Morgan fingerprint density at radius 3 is 2.62 bits per heavy atom. The molecule has 0 atom stereocenters. The van der Waals surface area contributed by atoms with E-state index < -0.39 is 11.8 Å². The van der Waals surface area contributed by atoms with Gasteiger partial charge < -0.3 is 14.6 Å². The Morgan fingerprint density at radius 2 is 1.93 bits per heavy atom. The van der Waals surface area contributed by atoms with Crippen molar-refractivity contribution in [3.8, 4) is 0 Å². The first-order chi connectivity index (χ1) is 13.9. The van der Waals surface area contributed by atoms with Gasteiger partial charge in [-0.15, -0.1) is 0 Å². The molecule has 9 heteroatoms. The summed E-state index contributed by atoms with van der Waals surface area (Å²) < 4.78 is 6.85. The summed E-state index contributed by atoms with van der Waals surface area (Å²) in [5.74, 6) is -1.22. The van der Waals surface area contributed by atoms with Gasteiger partial charge in [0, 0.05) is 42.4 Å². The number of aromatic nitrogens is 1. The van der Waals surface area contributed by atoms with Gasteiger partial charge in [0.2, 0.25) is 5.91 Å². The summed E-state index contributed by atoms with van der Waals surface area (Å²) in [5.41, 5.74) is 2.30. The third-order valence-corrected chi connectivity index (χ3v) is 4.86. The van der Waals surface area contributed by atoms with Gasteiger partial charge in [0.15, 0.2) is 5.11 Å². The van der Waals surface area contributed by atoms with Gasteiger partial charge in [-0.05, 0) is 37.7 Å². The number of hydrogen-bond acceptors (Lipinski definition) is 5. The molecular weight excluding hydrogens is 392 g/mol. The Morgan fingerprint density at radius 1 is 1.24 bits per heavy atom. The van der Waals surface area contributed by atoms with Gasteiger partial charge in [-0.2, -0.15) is 0 Å². The predicted octanol–water partition coefficient (Wildman–Crippen LogP) is 1.02.